The first-order valence-electron chi connectivity index (χ1n) is 10.9. The highest BCUT2D eigenvalue weighted by Crippen LogP contribution is 2.42. The first-order valence-corrected chi connectivity index (χ1v) is 11.8. The zero-order valence-corrected chi connectivity index (χ0v) is 19.2. The number of benzene rings is 1. The molecule has 1 N–H and O–H groups in total. The van der Waals surface area contributed by atoms with Crippen molar-refractivity contribution in [1.29, 1.82) is 0 Å². The van der Waals surface area contributed by atoms with Crippen LogP contribution in [-0.4, -0.2) is 51.8 Å². The molecule has 1 aliphatic rings. The van der Waals surface area contributed by atoms with E-state index in [2.05, 4.69) is 20.9 Å². The summed E-state index contributed by atoms with van der Waals surface area (Å²) in [5.74, 6) is 0.0541. The van der Waals surface area contributed by atoms with Gasteiger partial charge in [-0.15, -0.1) is 0 Å². The molecule has 0 spiro atoms. The predicted molar refractivity (Wildman–Crippen MR) is 125 cm³/mol. The molecule has 0 saturated carbocycles. The number of para-hydroxylation sites is 1. The number of nitrogens with zero attached hydrogens (tertiary/aromatic N) is 3. The second-order valence-corrected chi connectivity index (χ2v) is 8.67. The van der Waals surface area contributed by atoms with Crippen molar-refractivity contribution in [2.75, 3.05) is 25.5 Å². The molecule has 3 aromatic rings. The van der Waals surface area contributed by atoms with Crippen molar-refractivity contribution < 1.29 is 14.3 Å². The molecule has 7 nitrogen and oxygen atoms in total. The van der Waals surface area contributed by atoms with Crippen molar-refractivity contribution in [2.24, 2.45) is 7.05 Å². The van der Waals surface area contributed by atoms with Crippen LogP contribution < -0.4 is 5.32 Å². The Labute approximate surface area is 192 Å². The number of aromatic nitrogens is 2. The summed E-state index contributed by atoms with van der Waals surface area (Å²) in [4.78, 5) is 32.7. The summed E-state index contributed by atoms with van der Waals surface area (Å²) >= 11 is 1.50. The molecule has 3 heterocycles. The third-order valence-electron chi connectivity index (χ3n) is 5.62. The summed E-state index contributed by atoms with van der Waals surface area (Å²) in [7, 11) is 1.99. The van der Waals surface area contributed by atoms with Gasteiger partial charge in [0.15, 0.2) is 0 Å². The summed E-state index contributed by atoms with van der Waals surface area (Å²) in [6, 6.07) is 11.1. The Kier molecular flexibility index (Phi) is 7.12. The summed E-state index contributed by atoms with van der Waals surface area (Å²) in [6.45, 7) is 4.02. The fourth-order valence-electron chi connectivity index (χ4n) is 4.12. The quantitative estimate of drug-likeness (QED) is 0.531. The maximum Gasteiger partial charge on any atom is 0.247 e. The second kappa shape index (κ2) is 10.2. The van der Waals surface area contributed by atoms with E-state index >= 15 is 0 Å². The molecule has 2 aromatic heterocycles. The van der Waals surface area contributed by atoms with E-state index in [4.69, 9.17) is 4.74 Å². The van der Waals surface area contributed by atoms with Crippen molar-refractivity contribution in [3.8, 4) is 0 Å². The van der Waals surface area contributed by atoms with Crippen LogP contribution in [0.3, 0.4) is 0 Å². The smallest absolute Gasteiger partial charge is 0.247 e. The lowest BCUT2D eigenvalue weighted by Gasteiger charge is -2.30. The Morgan fingerprint density at radius 3 is 2.91 bits per heavy atom. The van der Waals surface area contributed by atoms with Crippen LogP contribution in [0.5, 0.6) is 0 Å². The lowest BCUT2D eigenvalue weighted by Crippen LogP contribution is -2.43. The van der Waals surface area contributed by atoms with Crippen LogP contribution in [0.1, 0.15) is 30.5 Å². The molecule has 2 amide bonds. The lowest BCUT2D eigenvalue weighted by atomic mass is 10.0. The number of aryl methyl sites for hydroxylation is 1. The molecule has 0 aliphatic carbocycles. The van der Waals surface area contributed by atoms with Crippen LogP contribution in [0.15, 0.2) is 53.8 Å². The summed E-state index contributed by atoms with van der Waals surface area (Å²) in [5, 5.41) is 5.00. The Morgan fingerprint density at radius 2 is 2.12 bits per heavy atom. The van der Waals surface area contributed by atoms with Crippen molar-refractivity contribution >= 4 is 34.5 Å². The average molecular weight is 453 g/mol. The molecule has 8 heteroatoms. The number of amides is 2. The Bertz CT molecular complexity index is 1100. The lowest BCUT2D eigenvalue weighted by molar-refractivity contribution is -0.139. The number of pyridine rings is 1. The molecule has 0 fully saturated rings. The van der Waals surface area contributed by atoms with E-state index in [1.165, 1.54) is 11.8 Å². The van der Waals surface area contributed by atoms with Crippen molar-refractivity contribution in [3.63, 3.8) is 0 Å². The van der Waals surface area contributed by atoms with E-state index in [1.54, 1.807) is 17.3 Å². The van der Waals surface area contributed by atoms with E-state index in [9.17, 15) is 9.59 Å². The maximum atomic E-state index is 13.6. The normalized spacial score (nSPS) is 16.1. The molecule has 1 atom stereocenters. The Hall–Kier alpha value is -2.84. The number of hydrogen-bond donors (Lipinski definition) is 1. The largest absolute Gasteiger partial charge is 0.382 e. The molecule has 0 saturated heterocycles. The van der Waals surface area contributed by atoms with Crippen LogP contribution in [-0.2, 0) is 27.9 Å². The van der Waals surface area contributed by atoms with E-state index in [-0.39, 0.29) is 17.6 Å². The number of ether oxygens (including phenoxy) is 1. The Morgan fingerprint density at radius 1 is 1.28 bits per heavy atom. The Balaban J connectivity index is 1.74. The average Bonchev–Trinajstić information content (AvgIpc) is 3.00. The minimum Gasteiger partial charge on any atom is -0.382 e. The van der Waals surface area contributed by atoms with Crippen LogP contribution in [0.2, 0.25) is 0 Å². The van der Waals surface area contributed by atoms with Gasteiger partial charge in [-0.1, -0.05) is 36.0 Å². The summed E-state index contributed by atoms with van der Waals surface area (Å²) in [6.07, 6.45) is 4.17. The monoisotopic (exact) mass is 452 g/mol. The number of carbonyl (C=O) groups is 2. The van der Waals surface area contributed by atoms with E-state index in [1.807, 2.05) is 44.3 Å². The topological polar surface area (TPSA) is 76.5 Å². The van der Waals surface area contributed by atoms with Gasteiger partial charge >= 0.3 is 0 Å². The second-order valence-electron chi connectivity index (χ2n) is 7.71. The van der Waals surface area contributed by atoms with Gasteiger partial charge in [0.1, 0.15) is 6.04 Å². The fourth-order valence-corrected chi connectivity index (χ4v) is 5.21. The first kappa shape index (κ1) is 22.4. The number of rotatable bonds is 8. The molecule has 168 valence electrons. The first-order chi connectivity index (χ1) is 15.6. The maximum absolute atomic E-state index is 13.6. The SMILES string of the molecule is CCOCCCNC(=O)C1c2c(n(C)c3ccccc23)SCC(=O)N1Cc1cccnc1. The highest BCUT2D eigenvalue weighted by Gasteiger charge is 2.38. The number of hydrogen-bond acceptors (Lipinski definition) is 5. The van der Waals surface area contributed by atoms with Gasteiger partial charge in [0.05, 0.1) is 10.8 Å². The molecule has 1 aliphatic heterocycles. The van der Waals surface area contributed by atoms with Gasteiger partial charge in [-0.3, -0.25) is 14.6 Å². The number of carbonyl (C=O) groups excluding carboxylic acids is 2. The van der Waals surface area contributed by atoms with Crippen LogP contribution >= 0.6 is 11.8 Å². The van der Waals surface area contributed by atoms with Gasteiger partial charge < -0.3 is 19.5 Å². The highest BCUT2D eigenvalue weighted by atomic mass is 32.2. The van der Waals surface area contributed by atoms with Crippen LogP contribution in [0.25, 0.3) is 10.9 Å². The van der Waals surface area contributed by atoms with Gasteiger partial charge in [-0.2, -0.15) is 0 Å². The predicted octanol–water partition coefficient (Wildman–Crippen LogP) is 3.29. The van der Waals surface area contributed by atoms with Gasteiger partial charge in [0, 0.05) is 62.2 Å². The summed E-state index contributed by atoms with van der Waals surface area (Å²) < 4.78 is 7.47. The van der Waals surface area contributed by atoms with E-state index < -0.39 is 6.04 Å². The van der Waals surface area contributed by atoms with Crippen molar-refractivity contribution in [2.45, 2.75) is 31.0 Å². The fraction of sp³-hybridized carbons (Fsp3) is 0.375. The number of thioether (sulfide) groups is 1. The van der Waals surface area contributed by atoms with Crippen LogP contribution in [0, 0.1) is 0 Å². The molecule has 4 rings (SSSR count). The minimum absolute atomic E-state index is 0.0615. The third kappa shape index (κ3) is 4.52. The third-order valence-corrected chi connectivity index (χ3v) is 6.78. The van der Waals surface area contributed by atoms with Crippen LogP contribution in [0.4, 0.5) is 0 Å². The van der Waals surface area contributed by atoms with E-state index in [0.29, 0.717) is 26.3 Å². The molecule has 1 unspecified atom stereocenters. The summed E-state index contributed by atoms with van der Waals surface area (Å²) in [5.41, 5.74) is 2.84. The minimum atomic E-state index is -0.717. The van der Waals surface area contributed by atoms with Gasteiger partial charge in [-0.05, 0) is 31.0 Å². The van der Waals surface area contributed by atoms with Crippen molar-refractivity contribution in [3.05, 3.63) is 59.9 Å². The number of nitrogens with one attached hydrogen (secondary N) is 1. The van der Waals surface area contributed by atoms with Gasteiger partial charge in [0.25, 0.3) is 0 Å². The zero-order chi connectivity index (χ0) is 22.5. The standard InChI is InChI=1S/C24H28N4O3S/c1-3-31-13-7-12-26-23(30)22-21-18-9-4-5-10-19(18)27(2)24(21)32-16-20(29)28(22)15-17-8-6-11-25-14-17/h4-6,8-11,14,22H,3,7,12-13,15-16H2,1-2H3,(H,26,30). The number of fused-ring (bicyclic) bond motifs is 3. The molecular formula is C24H28N4O3S. The molecular weight excluding hydrogens is 424 g/mol. The zero-order valence-electron chi connectivity index (χ0n) is 18.4. The van der Waals surface area contributed by atoms with Crippen molar-refractivity contribution in [1.82, 2.24) is 19.8 Å². The molecule has 0 bridgehead atoms. The van der Waals surface area contributed by atoms with Gasteiger partial charge in [0.2, 0.25) is 11.8 Å². The highest BCUT2D eigenvalue weighted by molar-refractivity contribution is 8.00. The molecule has 0 radical (unpaired) electrons. The van der Waals surface area contributed by atoms with E-state index in [0.717, 1.165) is 33.5 Å². The molecule has 1 aromatic carbocycles. The molecule has 32 heavy (non-hydrogen) atoms. The van der Waals surface area contributed by atoms with Gasteiger partial charge in [-0.25, -0.2) is 0 Å².